The molecule has 0 bridgehead atoms. The zero-order valence-corrected chi connectivity index (χ0v) is 15.4. The molecule has 1 aliphatic rings. The predicted molar refractivity (Wildman–Crippen MR) is 95.4 cm³/mol. The second-order valence-electron chi connectivity index (χ2n) is 5.48. The van der Waals surface area contributed by atoms with Crippen molar-refractivity contribution in [3.63, 3.8) is 0 Å². The number of halogens is 2. The van der Waals surface area contributed by atoms with E-state index in [1.165, 1.54) is 16.4 Å². The molecule has 1 saturated heterocycles. The summed E-state index contributed by atoms with van der Waals surface area (Å²) in [5.41, 5.74) is 0.532. The first kappa shape index (κ1) is 18.1. The first-order chi connectivity index (χ1) is 11.9. The van der Waals surface area contributed by atoms with Gasteiger partial charge in [0.05, 0.1) is 10.0 Å². The molecule has 0 aliphatic carbocycles. The molecule has 0 atom stereocenters. The number of carbonyl (C=O) groups excluding carboxylic acids is 1. The van der Waals surface area contributed by atoms with Crippen molar-refractivity contribution in [3.8, 4) is 0 Å². The third-order valence-corrected chi connectivity index (χ3v) is 6.86. The van der Waals surface area contributed by atoms with Gasteiger partial charge in [-0.3, -0.25) is 9.78 Å². The van der Waals surface area contributed by atoms with Crippen LogP contribution in [0.25, 0.3) is 0 Å². The van der Waals surface area contributed by atoms with E-state index in [2.05, 4.69) is 4.98 Å². The largest absolute Gasteiger partial charge is 0.336 e. The molecule has 9 heteroatoms. The molecular weight excluding hydrogens is 385 g/mol. The van der Waals surface area contributed by atoms with Crippen molar-refractivity contribution in [1.29, 1.82) is 0 Å². The van der Waals surface area contributed by atoms with Gasteiger partial charge < -0.3 is 4.90 Å². The molecule has 0 spiro atoms. The molecule has 2 aromatic rings. The summed E-state index contributed by atoms with van der Waals surface area (Å²) in [5, 5.41) is 0.203. The molecule has 1 aliphatic heterocycles. The molecule has 0 radical (unpaired) electrons. The monoisotopic (exact) mass is 399 g/mol. The second kappa shape index (κ2) is 7.29. The number of amides is 1. The van der Waals surface area contributed by atoms with Gasteiger partial charge in [0.2, 0.25) is 10.0 Å². The first-order valence-corrected chi connectivity index (χ1v) is 9.74. The molecule has 132 valence electrons. The highest BCUT2D eigenvalue weighted by Crippen LogP contribution is 2.31. The van der Waals surface area contributed by atoms with E-state index < -0.39 is 10.0 Å². The third kappa shape index (κ3) is 3.64. The molecule has 1 aromatic carbocycles. The lowest BCUT2D eigenvalue weighted by atomic mass is 10.2. The number of piperazine rings is 1. The molecule has 2 heterocycles. The Morgan fingerprint density at radius 1 is 1.00 bits per heavy atom. The number of benzene rings is 1. The van der Waals surface area contributed by atoms with Crippen LogP contribution in [0, 0.1) is 0 Å². The van der Waals surface area contributed by atoms with E-state index >= 15 is 0 Å². The van der Waals surface area contributed by atoms with E-state index in [9.17, 15) is 13.2 Å². The number of aromatic nitrogens is 1. The van der Waals surface area contributed by atoms with Gasteiger partial charge in [-0.05, 0) is 24.3 Å². The maximum absolute atomic E-state index is 12.8. The Bertz CT molecular complexity index is 883. The van der Waals surface area contributed by atoms with Gasteiger partial charge in [0.1, 0.15) is 4.90 Å². The highest BCUT2D eigenvalue weighted by atomic mass is 35.5. The fourth-order valence-electron chi connectivity index (χ4n) is 2.63. The van der Waals surface area contributed by atoms with Crippen LogP contribution in [0.5, 0.6) is 0 Å². The van der Waals surface area contributed by atoms with Crippen LogP contribution in [0.2, 0.25) is 10.0 Å². The fraction of sp³-hybridized carbons (Fsp3) is 0.250. The maximum atomic E-state index is 12.8. The van der Waals surface area contributed by atoms with E-state index in [-0.39, 0.29) is 33.9 Å². The minimum absolute atomic E-state index is 0.0134. The van der Waals surface area contributed by atoms with Crippen LogP contribution in [0.4, 0.5) is 0 Å². The summed E-state index contributed by atoms with van der Waals surface area (Å²) in [4.78, 5) is 17.9. The highest BCUT2D eigenvalue weighted by molar-refractivity contribution is 7.89. The quantitative estimate of drug-likeness (QED) is 0.794. The van der Waals surface area contributed by atoms with Crippen molar-refractivity contribution in [3.05, 3.63) is 58.3 Å². The molecule has 3 rings (SSSR count). The van der Waals surface area contributed by atoms with Crippen molar-refractivity contribution in [2.45, 2.75) is 4.90 Å². The van der Waals surface area contributed by atoms with Gasteiger partial charge in [-0.25, -0.2) is 8.42 Å². The maximum Gasteiger partial charge on any atom is 0.254 e. The zero-order chi connectivity index (χ0) is 18.0. The van der Waals surface area contributed by atoms with E-state index in [4.69, 9.17) is 23.2 Å². The van der Waals surface area contributed by atoms with E-state index in [0.29, 0.717) is 18.7 Å². The Labute approximate surface area is 156 Å². The van der Waals surface area contributed by atoms with Gasteiger partial charge in [0.25, 0.3) is 5.91 Å². The van der Waals surface area contributed by atoms with Gasteiger partial charge in [-0.2, -0.15) is 4.31 Å². The lowest BCUT2D eigenvalue weighted by molar-refractivity contribution is 0.0698. The third-order valence-electron chi connectivity index (χ3n) is 3.99. The molecule has 25 heavy (non-hydrogen) atoms. The minimum atomic E-state index is -3.76. The second-order valence-corrected chi connectivity index (χ2v) is 8.18. The topological polar surface area (TPSA) is 70.6 Å². The highest BCUT2D eigenvalue weighted by Gasteiger charge is 2.32. The smallest absolute Gasteiger partial charge is 0.254 e. The predicted octanol–water partition coefficient (Wildman–Crippen LogP) is 2.54. The van der Waals surface area contributed by atoms with Crippen LogP contribution in [0.1, 0.15) is 10.4 Å². The van der Waals surface area contributed by atoms with Crippen LogP contribution in [-0.4, -0.2) is 54.7 Å². The van der Waals surface area contributed by atoms with Gasteiger partial charge in [0.15, 0.2) is 0 Å². The van der Waals surface area contributed by atoms with E-state index in [0.717, 1.165) is 0 Å². The number of sulfonamides is 1. The van der Waals surface area contributed by atoms with Crippen LogP contribution < -0.4 is 0 Å². The van der Waals surface area contributed by atoms with Crippen molar-refractivity contribution in [2.75, 3.05) is 26.2 Å². The normalized spacial score (nSPS) is 16.0. The van der Waals surface area contributed by atoms with Crippen LogP contribution >= 0.6 is 23.2 Å². The summed E-state index contributed by atoms with van der Waals surface area (Å²) in [6.07, 6.45) is 3.10. The molecule has 0 unspecified atom stereocenters. The lowest BCUT2D eigenvalue weighted by Gasteiger charge is -2.34. The summed E-state index contributed by atoms with van der Waals surface area (Å²) in [6.45, 7) is 1.00. The number of rotatable bonds is 3. The molecule has 1 aromatic heterocycles. The molecule has 1 fully saturated rings. The lowest BCUT2D eigenvalue weighted by Crippen LogP contribution is -2.50. The Morgan fingerprint density at radius 3 is 2.28 bits per heavy atom. The van der Waals surface area contributed by atoms with Crippen LogP contribution in [0.15, 0.2) is 47.6 Å². The van der Waals surface area contributed by atoms with Gasteiger partial charge >= 0.3 is 0 Å². The van der Waals surface area contributed by atoms with E-state index in [1.807, 2.05) is 0 Å². The van der Waals surface area contributed by atoms with Gasteiger partial charge in [-0.15, -0.1) is 0 Å². The van der Waals surface area contributed by atoms with Crippen molar-refractivity contribution in [1.82, 2.24) is 14.2 Å². The molecule has 1 amide bonds. The Balaban J connectivity index is 1.74. The average molecular weight is 400 g/mol. The van der Waals surface area contributed by atoms with Crippen molar-refractivity contribution in [2.24, 2.45) is 0 Å². The summed E-state index contributed by atoms with van der Waals surface area (Å²) in [7, 11) is -3.76. The summed E-state index contributed by atoms with van der Waals surface area (Å²) >= 11 is 12.0. The Morgan fingerprint density at radius 2 is 1.64 bits per heavy atom. The molecule has 0 N–H and O–H groups in total. The average Bonchev–Trinajstić information content (AvgIpc) is 2.64. The number of carbonyl (C=O) groups is 1. The Hall–Kier alpha value is -1.67. The number of hydrogen-bond acceptors (Lipinski definition) is 4. The molecule has 6 nitrogen and oxygen atoms in total. The zero-order valence-electron chi connectivity index (χ0n) is 13.1. The summed E-state index contributed by atoms with van der Waals surface area (Å²) in [6, 6.07) is 7.78. The van der Waals surface area contributed by atoms with E-state index in [1.54, 1.807) is 35.5 Å². The number of nitrogens with zero attached hydrogens (tertiary/aromatic N) is 3. The summed E-state index contributed by atoms with van der Waals surface area (Å²) in [5.74, 6) is -0.139. The summed E-state index contributed by atoms with van der Waals surface area (Å²) < 4.78 is 26.9. The van der Waals surface area contributed by atoms with Crippen molar-refractivity contribution >= 4 is 39.1 Å². The minimum Gasteiger partial charge on any atom is -0.336 e. The van der Waals surface area contributed by atoms with Crippen molar-refractivity contribution < 1.29 is 13.2 Å². The Kier molecular flexibility index (Phi) is 5.29. The standard InChI is InChI=1S/C16H15Cl2N3O3S/c17-13-2-1-3-14(15(13)18)25(23,24)21-10-8-20(9-11-21)16(22)12-4-6-19-7-5-12/h1-7H,8-11H2. The van der Waals surface area contributed by atoms with Gasteiger partial charge in [0, 0.05) is 44.1 Å². The van der Waals surface area contributed by atoms with Gasteiger partial charge in [-0.1, -0.05) is 29.3 Å². The first-order valence-electron chi connectivity index (χ1n) is 7.55. The fourth-order valence-corrected chi connectivity index (χ4v) is 4.79. The molecule has 0 saturated carbocycles. The number of hydrogen-bond donors (Lipinski definition) is 0. The number of pyridine rings is 1. The van der Waals surface area contributed by atoms with Crippen LogP contribution in [0.3, 0.4) is 0 Å². The molecular formula is C16H15Cl2N3O3S. The SMILES string of the molecule is O=C(c1ccncc1)N1CCN(S(=O)(=O)c2cccc(Cl)c2Cl)CC1. The van der Waals surface area contributed by atoms with Crippen LogP contribution in [-0.2, 0) is 10.0 Å².